The Labute approximate surface area is 70.2 Å². The van der Waals surface area contributed by atoms with E-state index in [0.29, 0.717) is 11.3 Å². The average Bonchev–Trinajstić information content (AvgIpc) is 2.16. The van der Waals surface area contributed by atoms with Gasteiger partial charge in [0.25, 0.3) is 0 Å². The lowest BCUT2D eigenvalue weighted by atomic mass is 10.1. The topological polar surface area (TPSA) is 82.1 Å². The van der Waals surface area contributed by atoms with Crippen molar-refractivity contribution in [3.05, 3.63) is 29.3 Å². The Bertz CT molecular complexity index is 317. The zero-order valence-electron chi connectivity index (χ0n) is 6.41. The Hall–Kier alpha value is -1.57. The van der Waals surface area contributed by atoms with Crippen LogP contribution in [0.15, 0.2) is 18.2 Å². The second-order valence-electron chi connectivity index (χ2n) is 2.29. The van der Waals surface area contributed by atoms with Gasteiger partial charge in [-0.3, -0.25) is 5.84 Å². The summed E-state index contributed by atoms with van der Waals surface area (Å²) >= 11 is 0. The van der Waals surface area contributed by atoms with Gasteiger partial charge in [-0.05, 0) is 17.7 Å². The summed E-state index contributed by atoms with van der Waals surface area (Å²) in [7, 11) is 0. The van der Waals surface area contributed by atoms with Crippen LogP contribution >= 0.6 is 0 Å². The van der Waals surface area contributed by atoms with Crippen molar-refractivity contribution in [2.75, 3.05) is 5.43 Å². The summed E-state index contributed by atoms with van der Waals surface area (Å²) in [6.07, 6.45) is 0. The standard InChI is InChI=1S/C8H9N3O/c9-4-7-2-1-6(5-12)3-8(7)11-10/h1-3,11-12H,5,10H2. The van der Waals surface area contributed by atoms with Gasteiger partial charge in [0.05, 0.1) is 17.9 Å². The molecule has 4 N–H and O–H groups in total. The van der Waals surface area contributed by atoms with E-state index in [9.17, 15) is 0 Å². The molecule has 1 aromatic rings. The van der Waals surface area contributed by atoms with Gasteiger partial charge in [-0.15, -0.1) is 0 Å². The van der Waals surface area contributed by atoms with Gasteiger partial charge < -0.3 is 10.5 Å². The summed E-state index contributed by atoms with van der Waals surface area (Å²) in [5, 5.41) is 17.4. The van der Waals surface area contributed by atoms with Gasteiger partial charge in [-0.25, -0.2) is 0 Å². The van der Waals surface area contributed by atoms with E-state index in [4.69, 9.17) is 16.2 Å². The van der Waals surface area contributed by atoms with Crippen LogP contribution in [0.3, 0.4) is 0 Å². The summed E-state index contributed by atoms with van der Waals surface area (Å²) in [4.78, 5) is 0. The molecular formula is C8H9N3O. The predicted molar refractivity (Wildman–Crippen MR) is 44.9 cm³/mol. The van der Waals surface area contributed by atoms with Gasteiger partial charge >= 0.3 is 0 Å². The van der Waals surface area contributed by atoms with Gasteiger partial charge in [0.1, 0.15) is 6.07 Å². The minimum Gasteiger partial charge on any atom is -0.392 e. The highest BCUT2D eigenvalue weighted by molar-refractivity contribution is 5.58. The molecule has 12 heavy (non-hydrogen) atoms. The van der Waals surface area contributed by atoms with Crippen molar-refractivity contribution in [2.45, 2.75) is 6.61 Å². The van der Waals surface area contributed by atoms with Gasteiger partial charge in [0.15, 0.2) is 0 Å². The van der Waals surface area contributed by atoms with E-state index in [0.717, 1.165) is 5.56 Å². The molecule has 4 heteroatoms. The summed E-state index contributed by atoms with van der Waals surface area (Å²) in [6, 6.07) is 6.90. The van der Waals surface area contributed by atoms with Crippen LogP contribution in [-0.2, 0) is 6.61 Å². The zero-order valence-corrected chi connectivity index (χ0v) is 6.41. The van der Waals surface area contributed by atoms with Crippen LogP contribution in [-0.4, -0.2) is 5.11 Å². The second kappa shape index (κ2) is 3.72. The van der Waals surface area contributed by atoms with Gasteiger partial charge in [0, 0.05) is 0 Å². The van der Waals surface area contributed by atoms with Crippen molar-refractivity contribution in [3.63, 3.8) is 0 Å². The first-order valence-electron chi connectivity index (χ1n) is 3.42. The number of nitriles is 1. The molecule has 0 atom stereocenters. The van der Waals surface area contributed by atoms with Gasteiger partial charge in [0.2, 0.25) is 0 Å². The van der Waals surface area contributed by atoms with E-state index in [1.165, 1.54) is 0 Å². The van der Waals surface area contributed by atoms with E-state index in [2.05, 4.69) is 5.43 Å². The fraction of sp³-hybridized carbons (Fsp3) is 0.125. The van der Waals surface area contributed by atoms with Crippen LogP contribution in [0.5, 0.6) is 0 Å². The van der Waals surface area contributed by atoms with Crippen LogP contribution < -0.4 is 11.3 Å². The van der Waals surface area contributed by atoms with Crippen LogP contribution in [0.25, 0.3) is 0 Å². The molecule has 1 rings (SSSR count). The molecule has 62 valence electrons. The molecule has 0 radical (unpaired) electrons. The number of rotatable bonds is 2. The number of hydrogen-bond donors (Lipinski definition) is 3. The summed E-state index contributed by atoms with van der Waals surface area (Å²) in [5.41, 5.74) is 4.11. The number of hydrazine groups is 1. The number of hydrogen-bond acceptors (Lipinski definition) is 4. The van der Waals surface area contributed by atoms with Crippen molar-refractivity contribution in [3.8, 4) is 6.07 Å². The summed E-state index contributed by atoms with van der Waals surface area (Å²) < 4.78 is 0. The first kappa shape index (κ1) is 8.53. The van der Waals surface area contributed by atoms with Crippen LogP contribution in [0, 0.1) is 11.3 Å². The van der Waals surface area contributed by atoms with Gasteiger partial charge in [-0.1, -0.05) is 6.07 Å². The first-order chi connectivity index (χ1) is 5.81. The smallest absolute Gasteiger partial charge is 0.101 e. The second-order valence-corrected chi connectivity index (χ2v) is 2.29. The number of nitrogens with two attached hydrogens (primary N) is 1. The molecule has 0 aliphatic rings. The Morgan fingerprint density at radius 2 is 2.33 bits per heavy atom. The Kier molecular flexibility index (Phi) is 2.64. The fourth-order valence-corrected chi connectivity index (χ4v) is 0.907. The molecule has 0 amide bonds. The number of nitrogens with one attached hydrogen (secondary N) is 1. The maximum Gasteiger partial charge on any atom is 0.101 e. The monoisotopic (exact) mass is 163 g/mol. The highest BCUT2D eigenvalue weighted by Gasteiger charge is 2.00. The third kappa shape index (κ3) is 1.53. The molecule has 0 saturated heterocycles. The normalized spacial score (nSPS) is 9.08. The Morgan fingerprint density at radius 1 is 1.58 bits per heavy atom. The molecule has 0 fully saturated rings. The molecule has 0 saturated carbocycles. The number of nitrogens with zero attached hydrogens (tertiary/aromatic N) is 1. The number of benzene rings is 1. The van der Waals surface area contributed by atoms with E-state index < -0.39 is 0 Å². The SMILES string of the molecule is N#Cc1ccc(CO)cc1NN. The maximum absolute atomic E-state index is 8.77. The van der Waals surface area contributed by atoms with Gasteiger partial charge in [-0.2, -0.15) is 5.26 Å². The zero-order chi connectivity index (χ0) is 8.97. The number of aliphatic hydroxyl groups excluding tert-OH is 1. The van der Waals surface area contributed by atoms with E-state index in [-0.39, 0.29) is 6.61 Å². The third-order valence-electron chi connectivity index (χ3n) is 1.54. The van der Waals surface area contributed by atoms with E-state index in [1.54, 1.807) is 18.2 Å². The van der Waals surface area contributed by atoms with Crippen LogP contribution in [0.2, 0.25) is 0 Å². The third-order valence-corrected chi connectivity index (χ3v) is 1.54. The highest BCUT2D eigenvalue weighted by Crippen LogP contribution is 2.15. The van der Waals surface area contributed by atoms with Crippen molar-refractivity contribution >= 4 is 5.69 Å². The minimum absolute atomic E-state index is 0.0552. The van der Waals surface area contributed by atoms with E-state index >= 15 is 0 Å². The quantitative estimate of drug-likeness (QED) is 0.433. The molecule has 0 aliphatic heterocycles. The fourth-order valence-electron chi connectivity index (χ4n) is 0.907. The minimum atomic E-state index is -0.0552. The summed E-state index contributed by atoms with van der Waals surface area (Å²) in [6.45, 7) is -0.0552. The van der Waals surface area contributed by atoms with Crippen molar-refractivity contribution in [1.29, 1.82) is 5.26 Å². The summed E-state index contributed by atoms with van der Waals surface area (Å²) in [5.74, 6) is 5.17. The molecule has 0 heterocycles. The van der Waals surface area contributed by atoms with E-state index in [1.807, 2.05) is 6.07 Å². The first-order valence-corrected chi connectivity index (χ1v) is 3.42. The molecule has 0 aliphatic carbocycles. The Balaban J connectivity index is 3.13. The van der Waals surface area contributed by atoms with Crippen molar-refractivity contribution in [1.82, 2.24) is 0 Å². The Morgan fingerprint density at radius 3 is 2.83 bits per heavy atom. The average molecular weight is 163 g/mol. The number of nitrogen functional groups attached to an aromatic ring is 1. The molecule has 0 spiro atoms. The lowest BCUT2D eigenvalue weighted by Gasteiger charge is -2.03. The van der Waals surface area contributed by atoms with Crippen molar-refractivity contribution in [2.24, 2.45) is 5.84 Å². The highest BCUT2D eigenvalue weighted by atomic mass is 16.3. The van der Waals surface area contributed by atoms with Crippen molar-refractivity contribution < 1.29 is 5.11 Å². The number of aliphatic hydroxyl groups is 1. The number of anilines is 1. The van der Waals surface area contributed by atoms with Crippen LogP contribution in [0.1, 0.15) is 11.1 Å². The molecule has 0 aromatic heterocycles. The van der Waals surface area contributed by atoms with Crippen LogP contribution in [0.4, 0.5) is 5.69 Å². The molecule has 0 unspecified atom stereocenters. The largest absolute Gasteiger partial charge is 0.392 e. The predicted octanol–water partition coefficient (Wildman–Crippen LogP) is 0.336. The lowest BCUT2D eigenvalue weighted by Crippen LogP contribution is -2.08. The lowest BCUT2D eigenvalue weighted by molar-refractivity contribution is 0.282. The maximum atomic E-state index is 8.77. The molecule has 4 nitrogen and oxygen atoms in total. The molecular weight excluding hydrogens is 154 g/mol. The molecule has 0 bridgehead atoms. The molecule has 1 aromatic carbocycles.